The topological polar surface area (TPSA) is 52.1 Å². The van der Waals surface area contributed by atoms with Crippen molar-refractivity contribution in [2.75, 3.05) is 7.11 Å². The van der Waals surface area contributed by atoms with E-state index in [1.165, 1.54) is 19.5 Å². The van der Waals surface area contributed by atoms with Gasteiger partial charge >= 0.3 is 6.01 Å². The SMILES string of the molecule is CCC(C(=O)c1cnc(OC)nc1)c1ccccc1. The normalized spacial score (nSPS) is 11.9. The molecule has 98 valence electrons. The van der Waals surface area contributed by atoms with E-state index in [9.17, 15) is 4.79 Å². The first kappa shape index (κ1) is 13.2. The summed E-state index contributed by atoms with van der Waals surface area (Å²) in [5.74, 6) is -0.116. The van der Waals surface area contributed by atoms with E-state index in [1.54, 1.807) is 0 Å². The maximum absolute atomic E-state index is 12.5. The van der Waals surface area contributed by atoms with Crippen LogP contribution < -0.4 is 4.74 Å². The standard InChI is InChI=1S/C15H16N2O2/c1-3-13(11-7-5-4-6-8-11)14(18)12-9-16-15(19-2)17-10-12/h4-10,13H,3H2,1-2H3. The molecule has 19 heavy (non-hydrogen) atoms. The first-order chi connectivity index (χ1) is 9.26. The van der Waals surface area contributed by atoms with Gasteiger partial charge in [-0.25, -0.2) is 9.97 Å². The zero-order chi connectivity index (χ0) is 13.7. The van der Waals surface area contributed by atoms with Gasteiger partial charge in [0.1, 0.15) is 0 Å². The lowest BCUT2D eigenvalue weighted by molar-refractivity contribution is 0.0956. The molecular formula is C15H16N2O2. The van der Waals surface area contributed by atoms with E-state index in [-0.39, 0.29) is 17.7 Å². The Balaban J connectivity index is 2.25. The summed E-state index contributed by atoms with van der Waals surface area (Å²) in [6.07, 6.45) is 3.77. The van der Waals surface area contributed by atoms with Gasteiger partial charge in [0.05, 0.1) is 12.7 Å². The number of rotatable bonds is 5. The fraction of sp³-hybridized carbons (Fsp3) is 0.267. The Labute approximate surface area is 112 Å². The molecule has 0 saturated carbocycles. The van der Waals surface area contributed by atoms with Crippen molar-refractivity contribution in [3.05, 3.63) is 53.9 Å². The minimum absolute atomic E-state index is 0.0383. The molecule has 0 bridgehead atoms. The molecule has 4 nitrogen and oxygen atoms in total. The smallest absolute Gasteiger partial charge is 0.316 e. The summed E-state index contributed by atoms with van der Waals surface area (Å²) in [6.45, 7) is 2.00. The summed E-state index contributed by atoms with van der Waals surface area (Å²) in [5, 5.41) is 0. The minimum atomic E-state index is -0.154. The van der Waals surface area contributed by atoms with Gasteiger partial charge in [0.25, 0.3) is 0 Å². The lowest BCUT2D eigenvalue weighted by Crippen LogP contribution is -2.13. The molecule has 0 radical (unpaired) electrons. The van der Waals surface area contributed by atoms with Gasteiger partial charge in [-0.05, 0) is 12.0 Å². The monoisotopic (exact) mass is 256 g/mol. The van der Waals surface area contributed by atoms with Gasteiger partial charge in [0.15, 0.2) is 5.78 Å². The molecule has 1 aromatic heterocycles. The lowest BCUT2D eigenvalue weighted by Gasteiger charge is -2.13. The molecule has 0 aliphatic carbocycles. The van der Waals surface area contributed by atoms with Crippen LogP contribution in [0, 0.1) is 0 Å². The largest absolute Gasteiger partial charge is 0.467 e. The lowest BCUT2D eigenvalue weighted by atomic mass is 9.90. The summed E-state index contributed by atoms with van der Waals surface area (Å²) in [7, 11) is 1.50. The highest BCUT2D eigenvalue weighted by atomic mass is 16.5. The Morgan fingerprint density at radius 1 is 1.21 bits per heavy atom. The minimum Gasteiger partial charge on any atom is -0.467 e. The third-order valence-corrected chi connectivity index (χ3v) is 3.02. The van der Waals surface area contributed by atoms with Gasteiger partial charge in [0, 0.05) is 18.3 Å². The molecule has 1 aromatic carbocycles. The number of ether oxygens (including phenoxy) is 1. The third-order valence-electron chi connectivity index (χ3n) is 3.02. The highest BCUT2D eigenvalue weighted by molar-refractivity contribution is 6.00. The Bertz CT molecular complexity index is 538. The van der Waals surface area contributed by atoms with Crippen molar-refractivity contribution in [2.24, 2.45) is 0 Å². The second-order valence-corrected chi connectivity index (χ2v) is 4.19. The number of benzene rings is 1. The van der Waals surface area contributed by atoms with Crippen molar-refractivity contribution in [1.29, 1.82) is 0 Å². The third kappa shape index (κ3) is 2.96. The maximum Gasteiger partial charge on any atom is 0.316 e. The second kappa shape index (κ2) is 6.09. The first-order valence-electron chi connectivity index (χ1n) is 6.21. The zero-order valence-electron chi connectivity index (χ0n) is 11.0. The van der Waals surface area contributed by atoms with E-state index < -0.39 is 0 Å². The number of methoxy groups -OCH3 is 1. The molecule has 1 heterocycles. The number of hydrogen-bond acceptors (Lipinski definition) is 4. The van der Waals surface area contributed by atoms with Crippen LogP contribution in [-0.2, 0) is 0 Å². The fourth-order valence-electron chi connectivity index (χ4n) is 2.01. The number of carbonyl (C=O) groups excluding carboxylic acids is 1. The van der Waals surface area contributed by atoms with E-state index in [0.29, 0.717) is 5.56 Å². The molecule has 0 aliphatic rings. The highest BCUT2D eigenvalue weighted by Gasteiger charge is 2.20. The molecular weight excluding hydrogens is 240 g/mol. The number of Topliss-reactive ketones (excluding diaryl/α,β-unsaturated/α-hetero) is 1. The summed E-state index contributed by atoms with van der Waals surface area (Å²) in [5.41, 5.74) is 1.53. The number of ketones is 1. The van der Waals surface area contributed by atoms with E-state index in [1.807, 2.05) is 37.3 Å². The number of aromatic nitrogens is 2. The quantitative estimate of drug-likeness (QED) is 0.772. The zero-order valence-corrected chi connectivity index (χ0v) is 11.0. The molecule has 0 fully saturated rings. The van der Waals surface area contributed by atoms with E-state index in [0.717, 1.165) is 12.0 Å². The van der Waals surface area contributed by atoms with Crippen LogP contribution >= 0.6 is 0 Å². The molecule has 2 rings (SSSR count). The van der Waals surface area contributed by atoms with Crippen LogP contribution in [-0.4, -0.2) is 22.9 Å². The predicted molar refractivity (Wildman–Crippen MR) is 72.4 cm³/mol. The maximum atomic E-state index is 12.5. The van der Waals surface area contributed by atoms with Crippen LogP contribution in [0.15, 0.2) is 42.7 Å². The van der Waals surface area contributed by atoms with Gasteiger partial charge in [-0.15, -0.1) is 0 Å². The van der Waals surface area contributed by atoms with Gasteiger partial charge in [-0.1, -0.05) is 37.3 Å². The van der Waals surface area contributed by atoms with Crippen LogP contribution in [0.5, 0.6) is 6.01 Å². The highest BCUT2D eigenvalue weighted by Crippen LogP contribution is 2.23. The van der Waals surface area contributed by atoms with Crippen molar-refractivity contribution in [3.8, 4) is 6.01 Å². The van der Waals surface area contributed by atoms with Gasteiger partial charge in [0.2, 0.25) is 0 Å². The number of carbonyl (C=O) groups is 1. The average Bonchev–Trinajstić information content (AvgIpc) is 2.49. The number of nitrogens with zero attached hydrogens (tertiary/aromatic N) is 2. The Kier molecular flexibility index (Phi) is 4.23. The van der Waals surface area contributed by atoms with Crippen molar-refractivity contribution in [3.63, 3.8) is 0 Å². The average molecular weight is 256 g/mol. The van der Waals surface area contributed by atoms with Gasteiger partial charge < -0.3 is 4.74 Å². The molecule has 2 aromatic rings. The Hall–Kier alpha value is -2.23. The van der Waals surface area contributed by atoms with Gasteiger partial charge in [-0.3, -0.25) is 4.79 Å². The molecule has 4 heteroatoms. The molecule has 0 N–H and O–H groups in total. The summed E-state index contributed by atoms with van der Waals surface area (Å²) < 4.78 is 4.89. The van der Waals surface area contributed by atoms with E-state index in [4.69, 9.17) is 4.74 Å². The van der Waals surface area contributed by atoms with Crippen molar-refractivity contribution >= 4 is 5.78 Å². The molecule has 0 spiro atoms. The predicted octanol–water partition coefficient (Wildman–Crippen LogP) is 2.86. The van der Waals surface area contributed by atoms with Crippen LogP contribution in [0.1, 0.15) is 35.2 Å². The van der Waals surface area contributed by atoms with Crippen LogP contribution in [0.2, 0.25) is 0 Å². The Morgan fingerprint density at radius 3 is 2.37 bits per heavy atom. The van der Waals surface area contributed by atoms with E-state index in [2.05, 4.69) is 9.97 Å². The fourth-order valence-corrected chi connectivity index (χ4v) is 2.01. The molecule has 1 unspecified atom stereocenters. The van der Waals surface area contributed by atoms with Crippen LogP contribution in [0.3, 0.4) is 0 Å². The van der Waals surface area contributed by atoms with E-state index >= 15 is 0 Å². The molecule has 0 aliphatic heterocycles. The van der Waals surface area contributed by atoms with Crippen molar-refractivity contribution in [1.82, 2.24) is 9.97 Å². The summed E-state index contributed by atoms with van der Waals surface area (Å²) >= 11 is 0. The first-order valence-corrected chi connectivity index (χ1v) is 6.21. The summed E-state index contributed by atoms with van der Waals surface area (Å²) in [6, 6.07) is 10.0. The number of hydrogen-bond donors (Lipinski definition) is 0. The van der Waals surface area contributed by atoms with Crippen molar-refractivity contribution in [2.45, 2.75) is 19.3 Å². The second-order valence-electron chi connectivity index (χ2n) is 4.19. The van der Waals surface area contributed by atoms with Crippen LogP contribution in [0.25, 0.3) is 0 Å². The summed E-state index contributed by atoms with van der Waals surface area (Å²) in [4.78, 5) is 20.4. The van der Waals surface area contributed by atoms with Gasteiger partial charge in [-0.2, -0.15) is 0 Å². The molecule has 1 atom stereocenters. The molecule has 0 saturated heterocycles. The molecule has 0 amide bonds. The van der Waals surface area contributed by atoms with Crippen molar-refractivity contribution < 1.29 is 9.53 Å². The Morgan fingerprint density at radius 2 is 1.84 bits per heavy atom. The van der Waals surface area contributed by atoms with Crippen LogP contribution in [0.4, 0.5) is 0 Å².